The fraction of sp³-hybridized carbons (Fsp3) is 0.571. The summed E-state index contributed by atoms with van der Waals surface area (Å²) < 4.78 is 0. The van der Waals surface area contributed by atoms with E-state index in [2.05, 4.69) is 5.43 Å². The standard InChI is InChI=1S/C7H10N2O4/c1-7(6(12)13)2-4(7)5(11)9-8-3-10/h3-4H,2H2,1H3,(H,8,10)(H,9,11)(H,12,13)/t4-,7+/m1/s1. The van der Waals surface area contributed by atoms with E-state index in [-0.39, 0.29) is 0 Å². The Bertz CT molecular complexity index is 265. The molecule has 1 saturated carbocycles. The van der Waals surface area contributed by atoms with Gasteiger partial charge in [0.2, 0.25) is 12.3 Å². The lowest BCUT2D eigenvalue weighted by Gasteiger charge is -2.04. The first kappa shape index (κ1) is 9.50. The van der Waals surface area contributed by atoms with Crippen LogP contribution in [0.5, 0.6) is 0 Å². The highest BCUT2D eigenvalue weighted by molar-refractivity contribution is 5.92. The Kier molecular flexibility index (Phi) is 2.22. The van der Waals surface area contributed by atoms with E-state index in [1.165, 1.54) is 6.92 Å². The predicted octanol–water partition coefficient (Wildman–Crippen LogP) is -1.13. The molecule has 3 N–H and O–H groups in total. The number of amides is 2. The third-order valence-electron chi connectivity index (χ3n) is 2.30. The molecular formula is C7H10N2O4. The molecule has 0 bridgehead atoms. The summed E-state index contributed by atoms with van der Waals surface area (Å²) in [6, 6.07) is 0. The molecule has 1 fully saturated rings. The summed E-state index contributed by atoms with van der Waals surface area (Å²) in [6.45, 7) is 1.50. The maximum atomic E-state index is 11.1. The van der Waals surface area contributed by atoms with Crippen LogP contribution in [-0.4, -0.2) is 23.4 Å². The zero-order chi connectivity index (χ0) is 10.1. The first-order chi connectivity index (χ1) is 6.02. The van der Waals surface area contributed by atoms with Gasteiger partial charge in [0.15, 0.2) is 0 Å². The van der Waals surface area contributed by atoms with E-state index in [9.17, 15) is 14.4 Å². The molecule has 0 aliphatic heterocycles. The number of rotatable bonds is 4. The van der Waals surface area contributed by atoms with E-state index >= 15 is 0 Å². The number of carbonyl (C=O) groups is 3. The molecule has 2 amide bonds. The molecule has 1 rings (SSSR count). The van der Waals surface area contributed by atoms with Crippen LogP contribution in [0.25, 0.3) is 0 Å². The molecule has 0 radical (unpaired) electrons. The lowest BCUT2D eigenvalue weighted by molar-refractivity contribution is -0.144. The molecule has 0 unspecified atom stereocenters. The minimum Gasteiger partial charge on any atom is -0.481 e. The van der Waals surface area contributed by atoms with Crippen molar-refractivity contribution < 1.29 is 19.5 Å². The number of hydrogen-bond acceptors (Lipinski definition) is 3. The molecule has 0 heterocycles. The van der Waals surface area contributed by atoms with E-state index < -0.39 is 23.2 Å². The summed E-state index contributed by atoms with van der Waals surface area (Å²) in [6.07, 6.45) is 0.632. The third kappa shape index (κ3) is 1.61. The van der Waals surface area contributed by atoms with Crippen molar-refractivity contribution in [3.05, 3.63) is 0 Å². The summed E-state index contributed by atoms with van der Waals surface area (Å²) in [4.78, 5) is 31.5. The van der Waals surface area contributed by atoms with Gasteiger partial charge < -0.3 is 5.11 Å². The lowest BCUT2D eigenvalue weighted by Crippen LogP contribution is -2.38. The first-order valence-corrected chi connectivity index (χ1v) is 3.75. The molecule has 0 aromatic heterocycles. The second-order valence-electron chi connectivity index (χ2n) is 3.23. The van der Waals surface area contributed by atoms with Gasteiger partial charge in [0.25, 0.3) is 0 Å². The largest absolute Gasteiger partial charge is 0.481 e. The molecule has 0 spiro atoms. The van der Waals surface area contributed by atoms with Crippen LogP contribution < -0.4 is 10.9 Å². The third-order valence-corrected chi connectivity index (χ3v) is 2.30. The van der Waals surface area contributed by atoms with Gasteiger partial charge in [-0.1, -0.05) is 0 Å². The molecule has 0 aromatic rings. The zero-order valence-electron chi connectivity index (χ0n) is 7.03. The molecule has 1 aliphatic carbocycles. The predicted molar refractivity (Wildman–Crippen MR) is 41.2 cm³/mol. The number of aliphatic carboxylic acids is 1. The highest BCUT2D eigenvalue weighted by Crippen LogP contribution is 2.52. The van der Waals surface area contributed by atoms with Crippen molar-refractivity contribution in [3.63, 3.8) is 0 Å². The van der Waals surface area contributed by atoms with Crippen molar-refractivity contribution in [1.29, 1.82) is 0 Å². The Hall–Kier alpha value is -1.59. The number of hydrogen-bond donors (Lipinski definition) is 3. The van der Waals surface area contributed by atoms with Crippen molar-refractivity contribution in [3.8, 4) is 0 Å². The zero-order valence-corrected chi connectivity index (χ0v) is 7.03. The van der Waals surface area contributed by atoms with Crippen LogP contribution in [0.4, 0.5) is 0 Å². The van der Waals surface area contributed by atoms with Crippen LogP contribution in [-0.2, 0) is 14.4 Å². The smallest absolute Gasteiger partial charge is 0.310 e. The van der Waals surface area contributed by atoms with Gasteiger partial charge in [-0.25, -0.2) is 0 Å². The first-order valence-electron chi connectivity index (χ1n) is 3.75. The van der Waals surface area contributed by atoms with Crippen molar-refractivity contribution in [2.75, 3.05) is 0 Å². The summed E-state index contributed by atoms with van der Waals surface area (Å²) in [5, 5.41) is 8.69. The maximum Gasteiger partial charge on any atom is 0.310 e. The second-order valence-corrected chi connectivity index (χ2v) is 3.23. The van der Waals surface area contributed by atoms with E-state index in [4.69, 9.17) is 5.11 Å². The highest BCUT2D eigenvalue weighted by atomic mass is 16.4. The number of carboxylic acids is 1. The van der Waals surface area contributed by atoms with Crippen molar-refractivity contribution >= 4 is 18.3 Å². The summed E-state index contributed by atoms with van der Waals surface area (Å²) in [5.74, 6) is -1.99. The van der Waals surface area contributed by atoms with E-state index in [0.29, 0.717) is 12.8 Å². The fourth-order valence-corrected chi connectivity index (χ4v) is 1.17. The van der Waals surface area contributed by atoms with Gasteiger partial charge in [-0.15, -0.1) is 0 Å². The van der Waals surface area contributed by atoms with Gasteiger partial charge in [-0.05, 0) is 13.3 Å². The molecule has 1 aliphatic rings. The van der Waals surface area contributed by atoms with Gasteiger partial charge in [-0.3, -0.25) is 25.2 Å². The average molecular weight is 186 g/mol. The summed E-state index contributed by atoms with van der Waals surface area (Å²) >= 11 is 0. The molecule has 72 valence electrons. The molecule has 0 saturated heterocycles. The normalized spacial score (nSPS) is 30.4. The monoisotopic (exact) mass is 186 g/mol. The van der Waals surface area contributed by atoms with Gasteiger partial charge in [0.05, 0.1) is 11.3 Å². The van der Waals surface area contributed by atoms with Gasteiger partial charge in [-0.2, -0.15) is 0 Å². The van der Waals surface area contributed by atoms with Crippen molar-refractivity contribution in [2.45, 2.75) is 13.3 Å². The molecule has 6 nitrogen and oxygen atoms in total. The van der Waals surface area contributed by atoms with Crippen molar-refractivity contribution in [1.82, 2.24) is 10.9 Å². The van der Waals surface area contributed by atoms with Crippen molar-refractivity contribution in [2.24, 2.45) is 11.3 Å². The van der Waals surface area contributed by atoms with Gasteiger partial charge in [0, 0.05) is 0 Å². The molecular weight excluding hydrogens is 176 g/mol. The minimum absolute atomic E-state index is 0.314. The number of carboxylic acid groups (broad SMARTS) is 1. The van der Waals surface area contributed by atoms with Gasteiger partial charge >= 0.3 is 5.97 Å². The highest BCUT2D eigenvalue weighted by Gasteiger charge is 2.60. The number of nitrogens with one attached hydrogen (secondary N) is 2. The van der Waals surface area contributed by atoms with Crippen LogP contribution in [0.1, 0.15) is 13.3 Å². The average Bonchev–Trinajstić information content (AvgIpc) is 2.75. The number of carbonyl (C=O) groups excluding carboxylic acids is 2. The van der Waals surface area contributed by atoms with Crippen LogP contribution in [0.2, 0.25) is 0 Å². The Morgan fingerprint density at radius 1 is 1.62 bits per heavy atom. The second kappa shape index (κ2) is 3.04. The molecule has 6 heteroatoms. The molecule has 2 atom stereocenters. The van der Waals surface area contributed by atoms with E-state index in [1.807, 2.05) is 5.43 Å². The van der Waals surface area contributed by atoms with Crippen LogP contribution in [0, 0.1) is 11.3 Å². The lowest BCUT2D eigenvalue weighted by atomic mass is 10.1. The van der Waals surface area contributed by atoms with Gasteiger partial charge in [0.1, 0.15) is 0 Å². The fourth-order valence-electron chi connectivity index (χ4n) is 1.17. The minimum atomic E-state index is -0.987. The molecule has 13 heavy (non-hydrogen) atoms. The van der Waals surface area contributed by atoms with Crippen LogP contribution >= 0.6 is 0 Å². The SMILES string of the molecule is C[C@]1(C(=O)O)C[C@@H]1C(=O)NNC=O. The van der Waals surface area contributed by atoms with Crippen LogP contribution in [0.3, 0.4) is 0 Å². The summed E-state index contributed by atoms with van der Waals surface area (Å²) in [7, 11) is 0. The Labute approximate surface area is 74.3 Å². The summed E-state index contributed by atoms with van der Waals surface area (Å²) in [5.41, 5.74) is 3.09. The topological polar surface area (TPSA) is 95.5 Å². The Balaban J connectivity index is 2.45. The molecule has 0 aromatic carbocycles. The maximum absolute atomic E-state index is 11.1. The van der Waals surface area contributed by atoms with E-state index in [0.717, 1.165) is 0 Å². The van der Waals surface area contributed by atoms with Crippen LogP contribution in [0.15, 0.2) is 0 Å². The number of hydrazine groups is 1. The quantitative estimate of drug-likeness (QED) is 0.382. The Morgan fingerprint density at radius 2 is 2.23 bits per heavy atom. The Morgan fingerprint density at radius 3 is 2.62 bits per heavy atom. The van der Waals surface area contributed by atoms with E-state index in [1.54, 1.807) is 0 Å².